The van der Waals surface area contributed by atoms with Gasteiger partial charge in [-0.1, -0.05) is 25.1 Å². The summed E-state index contributed by atoms with van der Waals surface area (Å²) in [5.74, 6) is 0.118. The van der Waals surface area contributed by atoms with Crippen LogP contribution in [-0.2, 0) is 10.0 Å². The Balaban J connectivity index is 2.25. The molecule has 0 aliphatic carbocycles. The largest absolute Gasteiger partial charge is 0.497 e. The molecular weight excluding hydrogens is 305 g/mol. The average Bonchev–Trinajstić information content (AvgIpc) is 2.53. The first kappa shape index (κ1) is 16.5. The summed E-state index contributed by atoms with van der Waals surface area (Å²) in [5, 5.41) is 0. The first-order valence-corrected chi connectivity index (χ1v) is 8.36. The summed E-state index contributed by atoms with van der Waals surface area (Å²) in [6.45, 7) is 1.88. The molecule has 0 bridgehead atoms. The van der Waals surface area contributed by atoms with Gasteiger partial charge in [-0.3, -0.25) is 0 Å². The van der Waals surface area contributed by atoms with Crippen molar-refractivity contribution >= 4 is 10.0 Å². The van der Waals surface area contributed by atoms with E-state index < -0.39 is 15.8 Å². The number of hydrogen-bond donors (Lipinski definition) is 1. The topological polar surface area (TPSA) is 55.4 Å². The molecule has 0 saturated carbocycles. The Morgan fingerprint density at radius 1 is 1.18 bits per heavy atom. The molecule has 0 heterocycles. The number of hydrogen-bond acceptors (Lipinski definition) is 3. The van der Waals surface area contributed by atoms with Crippen LogP contribution in [0.2, 0.25) is 0 Å². The minimum atomic E-state index is -3.78. The summed E-state index contributed by atoms with van der Waals surface area (Å²) >= 11 is 0. The summed E-state index contributed by atoms with van der Waals surface area (Å²) in [6.07, 6.45) is 0.570. The molecule has 6 heteroatoms. The van der Waals surface area contributed by atoms with Gasteiger partial charge in [-0.2, -0.15) is 0 Å². The van der Waals surface area contributed by atoms with Crippen molar-refractivity contribution in [2.24, 2.45) is 0 Å². The molecule has 0 saturated heterocycles. The molecule has 1 N–H and O–H groups in total. The molecule has 0 radical (unpaired) electrons. The quantitative estimate of drug-likeness (QED) is 0.888. The van der Waals surface area contributed by atoms with E-state index in [1.165, 1.54) is 18.2 Å². The Hall–Kier alpha value is -1.92. The van der Waals surface area contributed by atoms with Gasteiger partial charge in [0.15, 0.2) is 0 Å². The molecule has 0 aromatic heterocycles. The van der Waals surface area contributed by atoms with E-state index in [0.29, 0.717) is 12.2 Å². The van der Waals surface area contributed by atoms with Crippen LogP contribution in [-0.4, -0.2) is 15.5 Å². The van der Waals surface area contributed by atoms with Gasteiger partial charge in [0.05, 0.1) is 12.0 Å². The maximum atomic E-state index is 13.2. The summed E-state index contributed by atoms with van der Waals surface area (Å²) in [6, 6.07) is 11.7. The summed E-state index contributed by atoms with van der Waals surface area (Å²) < 4.78 is 45.6. The van der Waals surface area contributed by atoms with Gasteiger partial charge in [0.1, 0.15) is 11.6 Å². The first-order valence-electron chi connectivity index (χ1n) is 6.88. The molecule has 2 aromatic rings. The fraction of sp³-hybridized carbons (Fsp3) is 0.250. The smallest absolute Gasteiger partial charge is 0.241 e. The molecule has 0 aliphatic rings. The summed E-state index contributed by atoms with van der Waals surface area (Å²) in [7, 11) is -2.21. The van der Waals surface area contributed by atoms with E-state index in [9.17, 15) is 12.8 Å². The van der Waals surface area contributed by atoms with Crippen molar-refractivity contribution in [1.82, 2.24) is 4.72 Å². The second-order valence-corrected chi connectivity index (χ2v) is 6.53. The molecule has 118 valence electrons. The number of nitrogens with one attached hydrogen (secondary N) is 1. The lowest BCUT2D eigenvalue weighted by Gasteiger charge is -2.18. The van der Waals surface area contributed by atoms with Gasteiger partial charge < -0.3 is 4.74 Å². The third kappa shape index (κ3) is 3.84. The SMILES string of the molecule is CCC(NS(=O)(=O)c1cccc(F)c1)c1ccc(OC)cc1. The van der Waals surface area contributed by atoms with E-state index in [1.54, 1.807) is 31.4 Å². The van der Waals surface area contributed by atoms with Gasteiger partial charge in [-0.25, -0.2) is 17.5 Å². The van der Waals surface area contributed by atoms with Gasteiger partial charge in [0.2, 0.25) is 10.0 Å². The van der Waals surface area contributed by atoms with Gasteiger partial charge in [0.25, 0.3) is 0 Å². The van der Waals surface area contributed by atoms with Crippen molar-refractivity contribution in [3.05, 3.63) is 59.9 Å². The van der Waals surface area contributed by atoms with Crippen LogP contribution in [0.3, 0.4) is 0 Å². The third-order valence-corrected chi connectivity index (χ3v) is 4.80. The summed E-state index contributed by atoms with van der Waals surface area (Å²) in [4.78, 5) is -0.0838. The molecule has 0 fully saturated rings. The summed E-state index contributed by atoms with van der Waals surface area (Å²) in [5.41, 5.74) is 0.822. The lowest BCUT2D eigenvalue weighted by molar-refractivity contribution is 0.414. The van der Waals surface area contributed by atoms with Crippen LogP contribution >= 0.6 is 0 Å². The Labute approximate surface area is 130 Å². The van der Waals surface area contributed by atoms with Crippen molar-refractivity contribution in [3.8, 4) is 5.75 Å². The van der Waals surface area contributed by atoms with Gasteiger partial charge >= 0.3 is 0 Å². The number of benzene rings is 2. The second-order valence-electron chi connectivity index (χ2n) is 4.81. The average molecular weight is 323 g/mol. The van der Waals surface area contributed by atoms with Gasteiger partial charge in [0, 0.05) is 6.04 Å². The normalized spacial score (nSPS) is 12.9. The maximum absolute atomic E-state index is 13.2. The standard InChI is InChI=1S/C16H18FNO3S/c1-3-16(12-7-9-14(21-2)10-8-12)18-22(19,20)15-6-4-5-13(17)11-15/h4-11,16,18H,3H2,1-2H3. The molecule has 0 aliphatic heterocycles. The molecule has 4 nitrogen and oxygen atoms in total. The molecule has 22 heavy (non-hydrogen) atoms. The Morgan fingerprint density at radius 2 is 1.86 bits per heavy atom. The van der Waals surface area contributed by atoms with Crippen molar-refractivity contribution in [1.29, 1.82) is 0 Å². The number of sulfonamides is 1. The van der Waals surface area contributed by atoms with Crippen LogP contribution in [0.15, 0.2) is 53.4 Å². The zero-order valence-electron chi connectivity index (χ0n) is 12.4. The first-order chi connectivity index (χ1) is 10.5. The molecule has 0 spiro atoms. The number of rotatable bonds is 6. The molecular formula is C16H18FNO3S. The van der Waals surface area contributed by atoms with Gasteiger partial charge in [-0.15, -0.1) is 0 Å². The molecule has 2 aromatic carbocycles. The van der Waals surface area contributed by atoms with E-state index in [-0.39, 0.29) is 10.9 Å². The fourth-order valence-corrected chi connectivity index (χ4v) is 3.45. The highest BCUT2D eigenvalue weighted by Crippen LogP contribution is 2.22. The second kappa shape index (κ2) is 6.89. The van der Waals surface area contributed by atoms with Crippen molar-refractivity contribution in [2.45, 2.75) is 24.3 Å². The zero-order valence-corrected chi connectivity index (χ0v) is 13.2. The van der Waals surface area contributed by atoms with E-state index in [2.05, 4.69) is 4.72 Å². The Morgan fingerprint density at radius 3 is 2.41 bits per heavy atom. The van der Waals surface area contributed by atoms with Crippen LogP contribution in [0.25, 0.3) is 0 Å². The Bertz CT molecular complexity index is 729. The molecule has 1 unspecified atom stereocenters. The van der Waals surface area contributed by atoms with Crippen molar-refractivity contribution in [3.63, 3.8) is 0 Å². The van der Waals surface area contributed by atoms with Crippen molar-refractivity contribution in [2.75, 3.05) is 7.11 Å². The minimum Gasteiger partial charge on any atom is -0.497 e. The minimum absolute atomic E-state index is 0.0838. The molecule has 1 atom stereocenters. The van der Waals surface area contributed by atoms with Crippen LogP contribution in [0, 0.1) is 5.82 Å². The lowest BCUT2D eigenvalue weighted by Crippen LogP contribution is -2.28. The van der Waals surface area contributed by atoms with Crippen LogP contribution in [0.1, 0.15) is 24.9 Å². The number of ether oxygens (including phenoxy) is 1. The fourth-order valence-electron chi connectivity index (χ4n) is 2.11. The van der Waals surface area contributed by atoms with Crippen LogP contribution in [0.5, 0.6) is 5.75 Å². The predicted molar refractivity (Wildman–Crippen MR) is 82.7 cm³/mol. The molecule has 0 amide bonds. The van der Waals surface area contributed by atoms with E-state index in [1.807, 2.05) is 6.92 Å². The number of halogens is 1. The van der Waals surface area contributed by atoms with E-state index in [0.717, 1.165) is 11.6 Å². The van der Waals surface area contributed by atoms with Crippen LogP contribution in [0.4, 0.5) is 4.39 Å². The highest BCUT2D eigenvalue weighted by Gasteiger charge is 2.20. The highest BCUT2D eigenvalue weighted by atomic mass is 32.2. The van der Waals surface area contributed by atoms with Crippen molar-refractivity contribution < 1.29 is 17.5 Å². The van der Waals surface area contributed by atoms with E-state index in [4.69, 9.17) is 4.74 Å². The lowest BCUT2D eigenvalue weighted by atomic mass is 10.1. The van der Waals surface area contributed by atoms with Crippen LogP contribution < -0.4 is 9.46 Å². The maximum Gasteiger partial charge on any atom is 0.241 e. The Kier molecular flexibility index (Phi) is 5.15. The predicted octanol–water partition coefficient (Wildman–Crippen LogP) is 3.26. The highest BCUT2D eigenvalue weighted by molar-refractivity contribution is 7.89. The number of methoxy groups -OCH3 is 1. The van der Waals surface area contributed by atoms with Gasteiger partial charge in [-0.05, 0) is 42.3 Å². The van der Waals surface area contributed by atoms with E-state index >= 15 is 0 Å². The third-order valence-electron chi connectivity index (χ3n) is 3.33. The monoisotopic (exact) mass is 323 g/mol. The zero-order chi connectivity index (χ0) is 16.2. The molecule has 2 rings (SSSR count).